The fourth-order valence-corrected chi connectivity index (χ4v) is 1.49. The van der Waals surface area contributed by atoms with E-state index in [0.29, 0.717) is 0 Å². The first-order valence-corrected chi connectivity index (χ1v) is 5.04. The van der Waals surface area contributed by atoms with Gasteiger partial charge in [0.2, 0.25) is 0 Å². The van der Waals surface area contributed by atoms with Crippen molar-refractivity contribution in [1.29, 1.82) is 0 Å². The standard InChI is InChI=1S/C11H11F3O4/c1-2-6-5-7(18-11(12,13)14)3-4-8(6)9(15)10(16)17/h3-5,9,15H,2H2,1H3,(H,16,17). The lowest BCUT2D eigenvalue weighted by molar-refractivity contribution is -0.274. The van der Waals surface area contributed by atoms with E-state index < -0.39 is 24.2 Å². The van der Waals surface area contributed by atoms with E-state index in [1.54, 1.807) is 6.92 Å². The van der Waals surface area contributed by atoms with Crippen molar-refractivity contribution in [3.05, 3.63) is 29.3 Å². The van der Waals surface area contributed by atoms with Gasteiger partial charge in [-0.05, 0) is 29.7 Å². The topological polar surface area (TPSA) is 66.8 Å². The van der Waals surface area contributed by atoms with E-state index in [0.717, 1.165) is 18.2 Å². The molecule has 1 aromatic rings. The number of rotatable bonds is 4. The molecule has 0 amide bonds. The van der Waals surface area contributed by atoms with Crippen molar-refractivity contribution in [3.8, 4) is 5.75 Å². The van der Waals surface area contributed by atoms with Crippen LogP contribution in [0, 0.1) is 0 Å². The number of aryl methyl sites for hydroxylation is 1. The highest BCUT2D eigenvalue weighted by atomic mass is 19.4. The van der Waals surface area contributed by atoms with Gasteiger partial charge < -0.3 is 14.9 Å². The van der Waals surface area contributed by atoms with Crippen molar-refractivity contribution < 1.29 is 32.9 Å². The molecule has 7 heteroatoms. The Kier molecular flexibility index (Phi) is 4.18. The summed E-state index contributed by atoms with van der Waals surface area (Å²) < 4.78 is 39.7. The fraction of sp³-hybridized carbons (Fsp3) is 0.364. The van der Waals surface area contributed by atoms with Crippen LogP contribution in [0.5, 0.6) is 5.75 Å². The van der Waals surface area contributed by atoms with Crippen LogP contribution in [0.3, 0.4) is 0 Å². The van der Waals surface area contributed by atoms with Crippen molar-refractivity contribution in [2.45, 2.75) is 25.8 Å². The fourth-order valence-electron chi connectivity index (χ4n) is 1.49. The normalized spacial score (nSPS) is 13.2. The maximum atomic E-state index is 12.0. The van der Waals surface area contributed by atoms with Gasteiger partial charge in [0.25, 0.3) is 0 Å². The molecule has 1 rings (SSSR count). The predicted octanol–water partition coefficient (Wildman–Crippen LogP) is 2.27. The van der Waals surface area contributed by atoms with E-state index in [9.17, 15) is 23.1 Å². The van der Waals surface area contributed by atoms with E-state index >= 15 is 0 Å². The first kappa shape index (κ1) is 14.3. The van der Waals surface area contributed by atoms with Crippen LogP contribution in [0.15, 0.2) is 18.2 Å². The number of hydrogen-bond acceptors (Lipinski definition) is 3. The summed E-state index contributed by atoms with van der Waals surface area (Å²) in [6.45, 7) is 1.63. The molecule has 1 unspecified atom stereocenters. The Hall–Kier alpha value is -1.76. The first-order chi connectivity index (χ1) is 8.24. The third-order valence-electron chi connectivity index (χ3n) is 2.26. The molecule has 18 heavy (non-hydrogen) atoms. The Morgan fingerprint density at radius 1 is 1.44 bits per heavy atom. The highest BCUT2D eigenvalue weighted by Crippen LogP contribution is 2.28. The zero-order chi connectivity index (χ0) is 13.9. The molecular formula is C11H11F3O4. The summed E-state index contributed by atoms with van der Waals surface area (Å²) in [5.41, 5.74) is 0.339. The molecule has 0 aliphatic heterocycles. The molecule has 100 valence electrons. The average Bonchev–Trinajstić information content (AvgIpc) is 2.25. The van der Waals surface area contributed by atoms with Crippen molar-refractivity contribution >= 4 is 5.97 Å². The number of alkyl halides is 3. The zero-order valence-corrected chi connectivity index (χ0v) is 9.36. The van der Waals surface area contributed by atoms with Crippen molar-refractivity contribution in [2.24, 2.45) is 0 Å². The smallest absolute Gasteiger partial charge is 0.479 e. The molecule has 0 saturated heterocycles. The molecule has 0 spiro atoms. The number of ether oxygens (including phenoxy) is 1. The molecule has 0 fully saturated rings. The van der Waals surface area contributed by atoms with Crippen LogP contribution in [0.1, 0.15) is 24.2 Å². The Morgan fingerprint density at radius 2 is 2.06 bits per heavy atom. The van der Waals surface area contributed by atoms with Gasteiger partial charge in [0.05, 0.1) is 0 Å². The van der Waals surface area contributed by atoms with Crippen LogP contribution in [-0.4, -0.2) is 22.5 Å². The average molecular weight is 264 g/mol. The minimum atomic E-state index is -4.81. The molecule has 0 bridgehead atoms. The van der Waals surface area contributed by atoms with Gasteiger partial charge in [-0.3, -0.25) is 0 Å². The Morgan fingerprint density at radius 3 is 2.50 bits per heavy atom. The van der Waals surface area contributed by atoms with Crippen molar-refractivity contribution in [2.75, 3.05) is 0 Å². The molecule has 0 aromatic heterocycles. The van der Waals surface area contributed by atoms with Crippen molar-refractivity contribution in [3.63, 3.8) is 0 Å². The van der Waals surface area contributed by atoms with Gasteiger partial charge in [-0.2, -0.15) is 0 Å². The maximum Gasteiger partial charge on any atom is 0.573 e. The van der Waals surface area contributed by atoms with Gasteiger partial charge in [0, 0.05) is 0 Å². The lowest BCUT2D eigenvalue weighted by Gasteiger charge is -2.14. The number of aliphatic hydroxyl groups is 1. The highest BCUT2D eigenvalue weighted by Gasteiger charge is 2.31. The minimum Gasteiger partial charge on any atom is -0.479 e. The monoisotopic (exact) mass is 264 g/mol. The number of aliphatic carboxylic acids is 1. The highest BCUT2D eigenvalue weighted by molar-refractivity contribution is 5.74. The van der Waals surface area contributed by atoms with Crippen LogP contribution in [-0.2, 0) is 11.2 Å². The van der Waals surface area contributed by atoms with Crippen LogP contribution in [0.25, 0.3) is 0 Å². The molecule has 1 atom stereocenters. The number of halogens is 3. The molecule has 0 aliphatic rings. The molecule has 0 aliphatic carbocycles. The Bertz CT molecular complexity index is 442. The van der Waals surface area contributed by atoms with E-state index in [4.69, 9.17) is 5.11 Å². The summed E-state index contributed by atoms with van der Waals surface area (Å²) in [7, 11) is 0. The third kappa shape index (κ3) is 3.63. The number of hydrogen-bond donors (Lipinski definition) is 2. The van der Waals surface area contributed by atoms with Gasteiger partial charge in [-0.25, -0.2) is 4.79 Å². The largest absolute Gasteiger partial charge is 0.573 e. The first-order valence-electron chi connectivity index (χ1n) is 5.04. The number of carboxylic acids is 1. The van der Waals surface area contributed by atoms with E-state index in [1.807, 2.05) is 0 Å². The molecule has 0 saturated carbocycles. The second-order valence-corrected chi connectivity index (χ2v) is 3.50. The predicted molar refractivity (Wildman–Crippen MR) is 55.1 cm³/mol. The minimum absolute atomic E-state index is 0.0551. The summed E-state index contributed by atoms with van der Waals surface area (Å²) in [6.07, 6.45) is -6.30. The molecule has 0 heterocycles. The summed E-state index contributed by atoms with van der Waals surface area (Å²) >= 11 is 0. The summed E-state index contributed by atoms with van der Waals surface area (Å²) in [5.74, 6) is -1.91. The molecule has 0 radical (unpaired) electrons. The summed E-state index contributed by atoms with van der Waals surface area (Å²) in [4.78, 5) is 10.6. The number of carbonyl (C=O) groups is 1. The molecule has 4 nitrogen and oxygen atoms in total. The zero-order valence-electron chi connectivity index (χ0n) is 9.36. The van der Waals surface area contributed by atoms with Gasteiger partial charge >= 0.3 is 12.3 Å². The van der Waals surface area contributed by atoms with Crippen molar-refractivity contribution in [1.82, 2.24) is 0 Å². The molecule has 2 N–H and O–H groups in total. The SMILES string of the molecule is CCc1cc(OC(F)(F)F)ccc1C(O)C(=O)O. The van der Waals surface area contributed by atoms with Crippen LogP contribution in [0.2, 0.25) is 0 Å². The number of carboxylic acid groups (broad SMARTS) is 1. The van der Waals surface area contributed by atoms with Crippen LogP contribution >= 0.6 is 0 Å². The molecule has 1 aromatic carbocycles. The second kappa shape index (κ2) is 5.26. The number of benzene rings is 1. The quantitative estimate of drug-likeness (QED) is 0.875. The van der Waals surface area contributed by atoms with Gasteiger partial charge in [-0.15, -0.1) is 13.2 Å². The van der Waals surface area contributed by atoms with Gasteiger partial charge in [-0.1, -0.05) is 13.0 Å². The summed E-state index contributed by atoms with van der Waals surface area (Å²) in [5, 5.41) is 18.0. The molecular weight excluding hydrogens is 253 g/mol. The number of aliphatic hydroxyl groups excluding tert-OH is 1. The lowest BCUT2D eigenvalue weighted by atomic mass is 10.00. The lowest BCUT2D eigenvalue weighted by Crippen LogP contribution is -2.18. The summed E-state index contributed by atoms with van der Waals surface area (Å²) in [6, 6.07) is 3.14. The van der Waals surface area contributed by atoms with E-state index in [1.165, 1.54) is 0 Å². The third-order valence-corrected chi connectivity index (χ3v) is 2.26. The van der Waals surface area contributed by atoms with Gasteiger partial charge in [0.1, 0.15) is 5.75 Å². The van der Waals surface area contributed by atoms with E-state index in [-0.39, 0.29) is 17.5 Å². The van der Waals surface area contributed by atoms with Crippen LogP contribution < -0.4 is 4.74 Å². The second-order valence-electron chi connectivity index (χ2n) is 3.50. The maximum absolute atomic E-state index is 12.0. The van der Waals surface area contributed by atoms with Crippen LogP contribution in [0.4, 0.5) is 13.2 Å². The Balaban J connectivity index is 3.07. The van der Waals surface area contributed by atoms with E-state index in [2.05, 4.69) is 4.74 Å². The Labute approximate surface area is 101 Å². The van der Waals surface area contributed by atoms with Gasteiger partial charge in [0.15, 0.2) is 6.10 Å².